The van der Waals surface area contributed by atoms with Gasteiger partial charge in [0.25, 0.3) is 5.91 Å². The SMILES string of the molecule is CC1CC(CN)CN1C(=O)c1cc(F)c(F)cc1Br.Cl. The molecule has 1 aliphatic rings. The molecule has 2 atom stereocenters. The van der Waals surface area contributed by atoms with Crippen molar-refractivity contribution >= 4 is 34.2 Å². The van der Waals surface area contributed by atoms with Crippen molar-refractivity contribution in [3.05, 3.63) is 33.8 Å². The molecule has 0 radical (unpaired) electrons. The molecule has 1 amide bonds. The van der Waals surface area contributed by atoms with Crippen LogP contribution in [0.4, 0.5) is 8.78 Å². The van der Waals surface area contributed by atoms with Gasteiger partial charge in [-0.25, -0.2) is 8.78 Å². The molecule has 1 fully saturated rings. The number of hydrogen-bond donors (Lipinski definition) is 1. The van der Waals surface area contributed by atoms with Crippen LogP contribution in [-0.2, 0) is 0 Å². The van der Waals surface area contributed by atoms with Gasteiger partial charge in [0.15, 0.2) is 11.6 Å². The van der Waals surface area contributed by atoms with Crippen molar-refractivity contribution in [2.24, 2.45) is 11.7 Å². The fourth-order valence-electron chi connectivity index (χ4n) is 2.44. The number of halogens is 4. The normalized spacial score (nSPS) is 21.8. The molecule has 1 aromatic rings. The number of likely N-dealkylation sites (tertiary alicyclic amines) is 1. The fraction of sp³-hybridized carbons (Fsp3) is 0.462. The van der Waals surface area contributed by atoms with E-state index < -0.39 is 11.6 Å². The first-order chi connectivity index (χ1) is 8.93. The van der Waals surface area contributed by atoms with Crippen molar-refractivity contribution in [1.29, 1.82) is 0 Å². The summed E-state index contributed by atoms with van der Waals surface area (Å²) in [4.78, 5) is 14.0. The van der Waals surface area contributed by atoms with Gasteiger partial charge < -0.3 is 10.6 Å². The average molecular weight is 370 g/mol. The van der Waals surface area contributed by atoms with Crippen LogP contribution in [0.25, 0.3) is 0 Å². The van der Waals surface area contributed by atoms with E-state index in [9.17, 15) is 13.6 Å². The number of carbonyl (C=O) groups is 1. The van der Waals surface area contributed by atoms with E-state index in [1.165, 1.54) is 0 Å². The first-order valence-corrected chi connectivity index (χ1v) is 6.89. The van der Waals surface area contributed by atoms with E-state index >= 15 is 0 Å². The Balaban J connectivity index is 0.00000200. The lowest BCUT2D eigenvalue weighted by Crippen LogP contribution is -2.34. The molecule has 2 unspecified atom stereocenters. The predicted octanol–water partition coefficient (Wildman–Crippen LogP) is 2.96. The van der Waals surface area contributed by atoms with Crippen LogP contribution in [-0.4, -0.2) is 29.9 Å². The molecule has 0 aliphatic carbocycles. The third kappa shape index (κ3) is 3.30. The van der Waals surface area contributed by atoms with E-state index in [1.54, 1.807) is 4.90 Å². The number of nitrogens with two attached hydrogens (primary N) is 1. The molecule has 1 aliphatic heterocycles. The van der Waals surface area contributed by atoms with Crippen LogP contribution in [0.15, 0.2) is 16.6 Å². The highest BCUT2D eigenvalue weighted by atomic mass is 79.9. The van der Waals surface area contributed by atoms with Crippen LogP contribution in [0.3, 0.4) is 0 Å². The number of benzene rings is 1. The van der Waals surface area contributed by atoms with Gasteiger partial charge in [0.1, 0.15) is 0 Å². The lowest BCUT2D eigenvalue weighted by Gasteiger charge is -2.22. The van der Waals surface area contributed by atoms with Gasteiger partial charge in [0.2, 0.25) is 0 Å². The van der Waals surface area contributed by atoms with Gasteiger partial charge in [-0.1, -0.05) is 0 Å². The zero-order chi connectivity index (χ0) is 14.2. The van der Waals surface area contributed by atoms with Gasteiger partial charge >= 0.3 is 0 Å². The summed E-state index contributed by atoms with van der Waals surface area (Å²) in [7, 11) is 0. The Labute approximate surface area is 131 Å². The Hall–Kier alpha value is -0.720. The summed E-state index contributed by atoms with van der Waals surface area (Å²) in [6.07, 6.45) is 0.837. The van der Waals surface area contributed by atoms with Crippen molar-refractivity contribution in [2.45, 2.75) is 19.4 Å². The largest absolute Gasteiger partial charge is 0.336 e. The highest BCUT2D eigenvalue weighted by Crippen LogP contribution is 2.28. The average Bonchev–Trinajstić information content (AvgIpc) is 2.74. The smallest absolute Gasteiger partial charge is 0.255 e. The zero-order valence-electron chi connectivity index (χ0n) is 10.9. The molecule has 1 heterocycles. The number of nitrogens with zero attached hydrogens (tertiary/aromatic N) is 1. The number of carbonyl (C=O) groups excluding carboxylic acids is 1. The summed E-state index contributed by atoms with van der Waals surface area (Å²) in [5.74, 6) is -2.02. The van der Waals surface area contributed by atoms with E-state index in [-0.39, 0.29) is 40.3 Å². The van der Waals surface area contributed by atoms with Gasteiger partial charge in [-0.2, -0.15) is 0 Å². The second-order valence-electron chi connectivity index (χ2n) is 4.89. The van der Waals surface area contributed by atoms with Gasteiger partial charge in [-0.15, -0.1) is 12.4 Å². The van der Waals surface area contributed by atoms with Crippen LogP contribution in [0.2, 0.25) is 0 Å². The number of hydrogen-bond acceptors (Lipinski definition) is 2. The number of amides is 1. The highest BCUT2D eigenvalue weighted by Gasteiger charge is 2.33. The third-order valence-corrected chi connectivity index (χ3v) is 4.15. The summed E-state index contributed by atoms with van der Waals surface area (Å²) in [5.41, 5.74) is 5.76. The molecule has 3 nitrogen and oxygen atoms in total. The zero-order valence-corrected chi connectivity index (χ0v) is 13.3. The minimum Gasteiger partial charge on any atom is -0.336 e. The molecule has 1 saturated heterocycles. The Morgan fingerprint density at radius 2 is 2.05 bits per heavy atom. The maximum Gasteiger partial charge on any atom is 0.255 e. The van der Waals surface area contributed by atoms with Gasteiger partial charge in [0, 0.05) is 17.1 Å². The van der Waals surface area contributed by atoms with Crippen molar-refractivity contribution in [1.82, 2.24) is 4.90 Å². The van der Waals surface area contributed by atoms with Crippen molar-refractivity contribution < 1.29 is 13.6 Å². The molecule has 112 valence electrons. The van der Waals surface area contributed by atoms with E-state index in [4.69, 9.17) is 5.73 Å². The van der Waals surface area contributed by atoms with Crippen LogP contribution in [0, 0.1) is 17.6 Å². The van der Waals surface area contributed by atoms with E-state index in [2.05, 4.69) is 15.9 Å². The number of rotatable bonds is 2. The Morgan fingerprint density at radius 3 is 2.60 bits per heavy atom. The molecule has 0 saturated carbocycles. The standard InChI is InChI=1S/C13H15BrF2N2O.ClH/c1-7-2-8(5-17)6-18(7)13(19)9-3-11(15)12(16)4-10(9)14;/h3-4,7-8H,2,5-6,17H2,1H3;1H. The van der Waals surface area contributed by atoms with E-state index in [1.807, 2.05) is 6.92 Å². The van der Waals surface area contributed by atoms with Crippen molar-refractivity contribution in [2.75, 3.05) is 13.1 Å². The Kier molecular flexibility index (Phi) is 5.91. The summed E-state index contributed by atoms with van der Waals surface area (Å²) in [5, 5.41) is 0. The predicted molar refractivity (Wildman–Crippen MR) is 79.0 cm³/mol. The molecule has 0 aromatic heterocycles. The van der Waals surface area contributed by atoms with Crippen molar-refractivity contribution in [3.8, 4) is 0 Å². The topological polar surface area (TPSA) is 46.3 Å². The van der Waals surface area contributed by atoms with Gasteiger partial charge in [-0.05, 0) is 53.9 Å². The fourth-order valence-corrected chi connectivity index (χ4v) is 2.92. The third-order valence-electron chi connectivity index (χ3n) is 3.50. The highest BCUT2D eigenvalue weighted by molar-refractivity contribution is 9.10. The maximum atomic E-state index is 13.3. The molecule has 1 aromatic carbocycles. The van der Waals surface area contributed by atoms with Crippen molar-refractivity contribution in [3.63, 3.8) is 0 Å². The molecule has 2 rings (SSSR count). The first-order valence-electron chi connectivity index (χ1n) is 6.09. The Morgan fingerprint density at radius 1 is 1.45 bits per heavy atom. The maximum absolute atomic E-state index is 13.3. The summed E-state index contributed by atoms with van der Waals surface area (Å²) >= 11 is 3.10. The van der Waals surface area contributed by atoms with Crippen LogP contribution < -0.4 is 5.73 Å². The monoisotopic (exact) mass is 368 g/mol. The molecular formula is C13H16BrClF2N2O. The Bertz CT molecular complexity index is 515. The quantitative estimate of drug-likeness (QED) is 0.815. The van der Waals surface area contributed by atoms with Crippen LogP contribution >= 0.6 is 28.3 Å². The second-order valence-corrected chi connectivity index (χ2v) is 5.74. The minimum absolute atomic E-state index is 0. The summed E-state index contributed by atoms with van der Waals surface area (Å²) in [6, 6.07) is 1.97. The van der Waals surface area contributed by atoms with Gasteiger partial charge in [-0.3, -0.25) is 4.79 Å². The molecular weight excluding hydrogens is 354 g/mol. The molecule has 20 heavy (non-hydrogen) atoms. The molecule has 0 bridgehead atoms. The van der Waals surface area contributed by atoms with E-state index in [0.717, 1.165) is 18.6 Å². The molecule has 7 heteroatoms. The first kappa shape index (κ1) is 17.3. The summed E-state index contributed by atoms with van der Waals surface area (Å²) < 4.78 is 26.6. The van der Waals surface area contributed by atoms with Crippen LogP contribution in [0.5, 0.6) is 0 Å². The minimum atomic E-state index is -1.02. The van der Waals surface area contributed by atoms with E-state index in [0.29, 0.717) is 13.1 Å². The second kappa shape index (κ2) is 6.83. The van der Waals surface area contributed by atoms with Gasteiger partial charge in [0.05, 0.1) is 5.56 Å². The van der Waals surface area contributed by atoms with Crippen LogP contribution in [0.1, 0.15) is 23.7 Å². The summed E-state index contributed by atoms with van der Waals surface area (Å²) in [6.45, 7) is 3.01. The molecule has 0 spiro atoms. The molecule has 2 N–H and O–H groups in total. The lowest BCUT2D eigenvalue weighted by atomic mass is 10.1. The lowest BCUT2D eigenvalue weighted by molar-refractivity contribution is 0.0742.